The summed E-state index contributed by atoms with van der Waals surface area (Å²) in [6, 6.07) is 10.3. The molecule has 1 atom stereocenters. The maximum Gasteiger partial charge on any atom is 0.311 e. The second kappa shape index (κ2) is 7.45. The number of amides is 1. The van der Waals surface area contributed by atoms with Crippen LogP contribution in [0.3, 0.4) is 0 Å². The summed E-state index contributed by atoms with van der Waals surface area (Å²) in [7, 11) is 0. The number of esters is 1. The van der Waals surface area contributed by atoms with Gasteiger partial charge in [-0.05, 0) is 43.3 Å². The molecule has 0 aliphatic carbocycles. The van der Waals surface area contributed by atoms with Crippen molar-refractivity contribution < 1.29 is 18.7 Å². The molecule has 1 fully saturated rings. The van der Waals surface area contributed by atoms with Crippen LogP contribution in [0.25, 0.3) is 22.6 Å². The third-order valence-corrected chi connectivity index (χ3v) is 5.15. The summed E-state index contributed by atoms with van der Waals surface area (Å²) in [5, 5.41) is 0.995. The van der Waals surface area contributed by atoms with E-state index in [0.717, 1.165) is 0 Å². The number of oxazole rings is 1. The highest BCUT2D eigenvalue weighted by Gasteiger charge is 2.36. The Morgan fingerprint density at radius 2 is 2.11 bits per heavy atom. The molecule has 28 heavy (non-hydrogen) atoms. The van der Waals surface area contributed by atoms with Crippen LogP contribution in [0.4, 0.5) is 5.69 Å². The summed E-state index contributed by atoms with van der Waals surface area (Å²) >= 11 is 12.4. The molecule has 144 valence electrons. The Kier molecular flexibility index (Phi) is 5.00. The lowest BCUT2D eigenvalue weighted by Crippen LogP contribution is -2.26. The number of hydrogen-bond donors (Lipinski definition) is 0. The van der Waals surface area contributed by atoms with E-state index in [1.165, 1.54) is 0 Å². The van der Waals surface area contributed by atoms with E-state index in [1.54, 1.807) is 48.2 Å². The van der Waals surface area contributed by atoms with Gasteiger partial charge in [0.15, 0.2) is 5.58 Å². The van der Waals surface area contributed by atoms with E-state index in [0.29, 0.717) is 38.3 Å². The van der Waals surface area contributed by atoms with Crippen LogP contribution in [-0.4, -0.2) is 30.0 Å². The first-order valence-corrected chi connectivity index (χ1v) is 9.55. The molecule has 4 rings (SSSR count). The topological polar surface area (TPSA) is 72.6 Å². The van der Waals surface area contributed by atoms with Gasteiger partial charge in [0, 0.05) is 23.7 Å². The Morgan fingerprint density at radius 1 is 1.29 bits per heavy atom. The molecule has 2 heterocycles. The van der Waals surface area contributed by atoms with Crippen molar-refractivity contribution >= 4 is 51.9 Å². The SMILES string of the molecule is CCOC(=O)C1CC(=O)N(c2ccc(Cl)c(-c3nc4cc(Cl)ccc4o3)c2)C1. The molecule has 8 heteroatoms. The Labute approximate surface area is 171 Å². The number of aromatic nitrogens is 1. The van der Waals surface area contributed by atoms with Gasteiger partial charge in [0.25, 0.3) is 0 Å². The number of nitrogens with zero attached hydrogens (tertiary/aromatic N) is 2. The van der Waals surface area contributed by atoms with Crippen LogP contribution in [0.1, 0.15) is 13.3 Å². The molecule has 6 nitrogen and oxygen atoms in total. The molecule has 3 aromatic rings. The molecule has 0 bridgehead atoms. The number of ether oxygens (including phenoxy) is 1. The zero-order valence-corrected chi connectivity index (χ0v) is 16.5. The van der Waals surface area contributed by atoms with Crippen molar-refractivity contribution in [2.24, 2.45) is 5.92 Å². The summed E-state index contributed by atoms with van der Waals surface area (Å²) in [4.78, 5) is 30.4. The van der Waals surface area contributed by atoms with Crippen molar-refractivity contribution in [1.29, 1.82) is 0 Å². The van der Waals surface area contributed by atoms with Crippen molar-refractivity contribution in [3.05, 3.63) is 46.4 Å². The fourth-order valence-corrected chi connectivity index (χ4v) is 3.60. The second-order valence-corrected chi connectivity index (χ2v) is 7.30. The molecule has 0 saturated carbocycles. The predicted octanol–water partition coefficient (Wildman–Crippen LogP) is 4.72. The molecule has 0 spiro atoms. The van der Waals surface area contributed by atoms with Gasteiger partial charge in [0.1, 0.15) is 5.52 Å². The average molecular weight is 419 g/mol. The third kappa shape index (κ3) is 3.45. The minimum Gasteiger partial charge on any atom is -0.466 e. The summed E-state index contributed by atoms with van der Waals surface area (Å²) in [5.74, 6) is -0.644. The predicted molar refractivity (Wildman–Crippen MR) is 107 cm³/mol. The van der Waals surface area contributed by atoms with Crippen LogP contribution in [0.15, 0.2) is 40.8 Å². The largest absolute Gasteiger partial charge is 0.466 e. The van der Waals surface area contributed by atoms with Crippen LogP contribution in [0.5, 0.6) is 0 Å². The van der Waals surface area contributed by atoms with E-state index in [2.05, 4.69) is 4.98 Å². The zero-order chi connectivity index (χ0) is 19.8. The minimum atomic E-state index is -0.474. The van der Waals surface area contributed by atoms with E-state index >= 15 is 0 Å². The number of carbonyl (C=O) groups excluding carboxylic acids is 2. The van der Waals surface area contributed by atoms with Crippen molar-refractivity contribution in [2.75, 3.05) is 18.1 Å². The molecular formula is C20H16Cl2N2O4. The fraction of sp³-hybridized carbons (Fsp3) is 0.250. The Morgan fingerprint density at radius 3 is 2.89 bits per heavy atom. The van der Waals surface area contributed by atoms with Gasteiger partial charge in [-0.15, -0.1) is 0 Å². The van der Waals surface area contributed by atoms with E-state index in [9.17, 15) is 9.59 Å². The van der Waals surface area contributed by atoms with E-state index in [1.807, 2.05) is 0 Å². The summed E-state index contributed by atoms with van der Waals surface area (Å²) in [6.07, 6.45) is 0.123. The number of benzene rings is 2. The van der Waals surface area contributed by atoms with Crippen molar-refractivity contribution in [3.63, 3.8) is 0 Å². The average Bonchev–Trinajstić information content (AvgIpc) is 3.25. The molecule has 0 N–H and O–H groups in total. The molecule has 1 unspecified atom stereocenters. The van der Waals surface area contributed by atoms with Gasteiger partial charge in [-0.2, -0.15) is 0 Å². The number of fused-ring (bicyclic) bond motifs is 1. The van der Waals surface area contributed by atoms with Crippen molar-refractivity contribution in [3.8, 4) is 11.5 Å². The first-order valence-electron chi connectivity index (χ1n) is 8.79. The van der Waals surface area contributed by atoms with Crippen LogP contribution in [-0.2, 0) is 14.3 Å². The van der Waals surface area contributed by atoms with Crippen LogP contribution >= 0.6 is 23.2 Å². The molecule has 1 aliphatic heterocycles. The molecule has 1 saturated heterocycles. The molecular weight excluding hydrogens is 403 g/mol. The standard InChI is InChI=1S/C20H16Cl2N2O4/c1-2-27-20(26)11-7-18(25)24(10-11)13-4-5-15(22)14(9-13)19-23-16-8-12(21)3-6-17(16)28-19/h3-6,8-9,11H,2,7,10H2,1H3. The third-order valence-electron chi connectivity index (χ3n) is 4.59. The second-order valence-electron chi connectivity index (χ2n) is 6.45. The van der Waals surface area contributed by atoms with E-state index < -0.39 is 5.92 Å². The lowest BCUT2D eigenvalue weighted by Gasteiger charge is -2.17. The highest BCUT2D eigenvalue weighted by atomic mass is 35.5. The van der Waals surface area contributed by atoms with E-state index in [4.69, 9.17) is 32.4 Å². The van der Waals surface area contributed by atoms with Gasteiger partial charge >= 0.3 is 5.97 Å². The van der Waals surface area contributed by atoms with Crippen LogP contribution in [0.2, 0.25) is 10.0 Å². The van der Waals surface area contributed by atoms with Gasteiger partial charge < -0.3 is 14.1 Å². The number of anilines is 1. The monoisotopic (exact) mass is 418 g/mol. The molecule has 1 aliphatic rings. The van der Waals surface area contributed by atoms with Gasteiger partial charge in [-0.3, -0.25) is 9.59 Å². The number of rotatable bonds is 4. The van der Waals surface area contributed by atoms with Gasteiger partial charge in [-0.1, -0.05) is 23.2 Å². The van der Waals surface area contributed by atoms with E-state index in [-0.39, 0.29) is 31.4 Å². The minimum absolute atomic E-state index is 0.123. The van der Waals surface area contributed by atoms with Gasteiger partial charge in [0.05, 0.1) is 23.1 Å². The summed E-state index contributed by atoms with van der Waals surface area (Å²) < 4.78 is 10.8. The van der Waals surface area contributed by atoms with Crippen LogP contribution in [0, 0.1) is 5.92 Å². The lowest BCUT2D eigenvalue weighted by atomic mass is 10.1. The maximum atomic E-state index is 12.4. The number of carbonyl (C=O) groups is 2. The number of halogens is 2. The quantitative estimate of drug-likeness (QED) is 0.573. The van der Waals surface area contributed by atoms with Crippen molar-refractivity contribution in [2.45, 2.75) is 13.3 Å². The van der Waals surface area contributed by atoms with Crippen LogP contribution < -0.4 is 4.90 Å². The first-order chi connectivity index (χ1) is 13.5. The lowest BCUT2D eigenvalue weighted by molar-refractivity contribution is -0.147. The molecule has 1 amide bonds. The van der Waals surface area contributed by atoms with Crippen molar-refractivity contribution in [1.82, 2.24) is 4.98 Å². The summed E-state index contributed by atoms with van der Waals surface area (Å²) in [5.41, 5.74) is 2.37. The van der Waals surface area contributed by atoms with Gasteiger partial charge in [0.2, 0.25) is 11.8 Å². The Balaban J connectivity index is 1.67. The summed E-state index contributed by atoms with van der Waals surface area (Å²) in [6.45, 7) is 2.30. The molecule has 1 aromatic heterocycles. The molecule has 2 aromatic carbocycles. The highest BCUT2D eigenvalue weighted by molar-refractivity contribution is 6.33. The Bertz CT molecular complexity index is 1080. The maximum absolute atomic E-state index is 12.4. The Hall–Kier alpha value is -2.57. The normalized spacial score (nSPS) is 16.8. The van der Waals surface area contributed by atoms with Gasteiger partial charge in [-0.25, -0.2) is 4.98 Å². The zero-order valence-electron chi connectivity index (χ0n) is 14.9. The fourth-order valence-electron chi connectivity index (χ4n) is 3.24. The molecule has 0 radical (unpaired) electrons. The number of hydrogen-bond acceptors (Lipinski definition) is 5. The smallest absolute Gasteiger partial charge is 0.311 e. The first kappa shape index (κ1) is 18.8. The highest BCUT2D eigenvalue weighted by Crippen LogP contribution is 2.35.